The molecule has 2 aromatic rings. The van der Waals surface area contributed by atoms with Crippen molar-refractivity contribution in [3.8, 4) is 0 Å². The molecule has 0 atom stereocenters. The van der Waals surface area contributed by atoms with E-state index < -0.39 is 0 Å². The van der Waals surface area contributed by atoms with Gasteiger partial charge in [0.1, 0.15) is 5.69 Å². The Morgan fingerprint density at radius 1 is 1.16 bits per heavy atom. The molecule has 1 aromatic heterocycles. The van der Waals surface area contributed by atoms with Gasteiger partial charge in [0, 0.05) is 24.5 Å². The number of rotatable bonds is 5. The molecular weight excluding hydrogens is 238 g/mol. The molecule has 2 rings (SSSR count). The van der Waals surface area contributed by atoms with Crippen LogP contribution in [0.25, 0.3) is 10.9 Å². The van der Waals surface area contributed by atoms with E-state index in [1.54, 1.807) is 6.20 Å². The zero-order valence-electron chi connectivity index (χ0n) is 11.5. The Morgan fingerprint density at radius 3 is 2.63 bits per heavy atom. The number of hydrogen-bond donors (Lipinski definition) is 0. The zero-order valence-corrected chi connectivity index (χ0v) is 11.5. The summed E-state index contributed by atoms with van der Waals surface area (Å²) in [6.07, 6.45) is 2.38. The van der Waals surface area contributed by atoms with Gasteiger partial charge in [-0.1, -0.05) is 32.0 Å². The molecule has 0 spiro atoms. The lowest BCUT2D eigenvalue weighted by Crippen LogP contribution is -2.27. The Hall–Kier alpha value is -1.81. The molecule has 0 unspecified atom stereocenters. The molecule has 0 aliphatic heterocycles. The van der Waals surface area contributed by atoms with Crippen LogP contribution in [0.5, 0.6) is 0 Å². The van der Waals surface area contributed by atoms with Crippen LogP contribution in [-0.2, 0) is 6.42 Å². The predicted molar refractivity (Wildman–Crippen MR) is 77.3 cm³/mol. The summed E-state index contributed by atoms with van der Waals surface area (Å²) in [6.45, 7) is 7.05. The summed E-state index contributed by atoms with van der Waals surface area (Å²) in [4.78, 5) is 22.7. The van der Waals surface area contributed by atoms with Crippen LogP contribution in [0.2, 0.25) is 0 Å². The average Bonchev–Trinajstić information content (AvgIpc) is 2.59. The second-order valence-electron chi connectivity index (χ2n) is 4.46. The molecule has 4 heteroatoms. The lowest BCUT2D eigenvalue weighted by atomic mass is 10.2. The van der Waals surface area contributed by atoms with Crippen molar-refractivity contribution in [2.24, 2.45) is 0 Å². The normalized spacial score (nSPS) is 11.1. The van der Waals surface area contributed by atoms with Gasteiger partial charge in [-0.3, -0.25) is 9.78 Å². The summed E-state index contributed by atoms with van der Waals surface area (Å²) < 4.78 is 0. The van der Waals surface area contributed by atoms with E-state index in [0.717, 1.165) is 25.0 Å². The van der Waals surface area contributed by atoms with Crippen LogP contribution in [0.15, 0.2) is 35.3 Å². The molecule has 0 aliphatic rings. The molecule has 1 aromatic carbocycles. The lowest BCUT2D eigenvalue weighted by molar-refractivity contribution is 0.306. The first-order chi connectivity index (χ1) is 9.24. The van der Waals surface area contributed by atoms with Gasteiger partial charge in [-0.05, 0) is 19.2 Å². The molecule has 100 valence electrons. The SMILES string of the molecule is CCN(CC)CCc1ncc2ccccc2nc1=O. The molecule has 0 fully saturated rings. The van der Waals surface area contributed by atoms with E-state index in [1.165, 1.54) is 0 Å². The fraction of sp³-hybridized carbons (Fsp3) is 0.400. The standard InChI is InChI=1S/C15H19N3O/c1-3-18(4-2)10-9-14-15(19)17-13-8-6-5-7-12(13)11-16-14/h5-8,11H,3-4,9-10H2,1-2H3. The summed E-state index contributed by atoms with van der Waals surface area (Å²) in [5, 5.41) is 0.897. The molecule has 4 nitrogen and oxygen atoms in total. The third-order valence-electron chi connectivity index (χ3n) is 3.32. The van der Waals surface area contributed by atoms with Crippen molar-refractivity contribution in [2.45, 2.75) is 20.3 Å². The summed E-state index contributed by atoms with van der Waals surface area (Å²) in [7, 11) is 0. The van der Waals surface area contributed by atoms with Crippen LogP contribution in [-0.4, -0.2) is 34.5 Å². The highest BCUT2D eigenvalue weighted by atomic mass is 16.1. The van der Waals surface area contributed by atoms with E-state index in [-0.39, 0.29) is 5.56 Å². The van der Waals surface area contributed by atoms with Gasteiger partial charge in [-0.2, -0.15) is 0 Å². The van der Waals surface area contributed by atoms with Crippen LogP contribution >= 0.6 is 0 Å². The van der Waals surface area contributed by atoms with Gasteiger partial charge in [0.05, 0.1) is 5.52 Å². The average molecular weight is 257 g/mol. The van der Waals surface area contributed by atoms with Gasteiger partial charge in [0.2, 0.25) is 0 Å². The number of aromatic nitrogens is 2. The molecule has 0 saturated carbocycles. The third-order valence-corrected chi connectivity index (χ3v) is 3.32. The smallest absolute Gasteiger partial charge is 0.291 e. The third kappa shape index (κ3) is 3.35. The molecule has 0 N–H and O–H groups in total. The first-order valence-electron chi connectivity index (χ1n) is 6.72. The summed E-state index contributed by atoms with van der Waals surface area (Å²) in [5.41, 5.74) is 1.03. The second kappa shape index (κ2) is 6.38. The maximum atomic E-state index is 12.0. The van der Waals surface area contributed by atoms with Gasteiger partial charge < -0.3 is 4.90 Å². The molecule has 0 bridgehead atoms. The molecule has 19 heavy (non-hydrogen) atoms. The lowest BCUT2D eigenvalue weighted by Gasteiger charge is -2.16. The molecule has 0 radical (unpaired) electrons. The van der Waals surface area contributed by atoms with Crippen molar-refractivity contribution >= 4 is 10.9 Å². The van der Waals surface area contributed by atoms with Crippen LogP contribution in [0.3, 0.4) is 0 Å². The summed E-state index contributed by atoms with van der Waals surface area (Å²) in [6, 6.07) is 7.56. The van der Waals surface area contributed by atoms with Crippen LogP contribution in [0.1, 0.15) is 19.5 Å². The van der Waals surface area contributed by atoms with E-state index in [9.17, 15) is 4.79 Å². The fourth-order valence-corrected chi connectivity index (χ4v) is 2.05. The number of benzene rings is 1. The maximum Gasteiger partial charge on any atom is 0.291 e. The number of para-hydroxylation sites is 1. The molecule has 0 saturated heterocycles. The van der Waals surface area contributed by atoms with Crippen molar-refractivity contribution in [1.29, 1.82) is 0 Å². The topological polar surface area (TPSA) is 46.1 Å². The minimum Gasteiger partial charge on any atom is -0.303 e. The number of fused-ring (bicyclic) bond motifs is 1. The maximum absolute atomic E-state index is 12.0. The van der Waals surface area contributed by atoms with E-state index >= 15 is 0 Å². The van der Waals surface area contributed by atoms with Crippen molar-refractivity contribution in [3.63, 3.8) is 0 Å². The molecule has 0 amide bonds. The Bertz CT molecular complexity index is 609. The molecule has 0 aliphatic carbocycles. The highest BCUT2D eigenvalue weighted by Crippen LogP contribution is 2.06. The Balaban J connectivity index is 2.29. The van der Waals surface area contributed by atoms with Gasteiger partial charge >= 0.3 is 0 Å². The highest BCUT2D eigenvalue weighted by molar-refractivity contribution is 5.76. The fourth-order valence-electron chi connectivity index (χ4n) is 2.05. The Kier molecular flexibility index (Phi) is 4.58. The zero-order chi connectivity index (χ0) is 13.7. The van der Waals surface area contributed by atoms with Crippen molar-refractivity contribution in [3.05, 3.63) is 46.5 Å². The van der Waals surface area contributed by atoms with Gasteiger partial charge in [0.15, 0.2) is 0 Å². The van der Waals surface area contributed by atoms with Crippen molar-refractivity contribution in [1.82, 2.24) is 14.9 Å². The van der Waals surface area contributed by atoms with Crippen molar-refractivity contribution in [2.75, 3.05) is 19.6 Å². The highest BCUT2D eigenvalue weighted by Gasteiger charge is 2.05. The Labute approximate surface area is 113 Å². The van der Waals surface area contributed by atoms with Gasteiger partial charge in [-0.25, -0.2) is 4.98 Å². The Morgan fingerprint density at radius 2 is 1.89 bits per heavy atom. The summed E-state index contributed by atoms with van der Waals surface area (Å²) in [5.74, 6) is 0. The first kappa shape index (κ1) is 13.6. The van der Waals surface area contributed by atoms with Crippen LogP contribution < -0.4 is 5.56 Å². The quantitative estimate of drug-likeness (QED) is 0.820. The summed E-state index contributed by atoms with van der Waals surface area (Å²) >= 11 is 0. The minimum absolute atomic E-state index is 0.214. The predicted octanol–water partition coefficient (Wildman–Crippen LogP) is 1.87. The first-order valence-corrected chi connectivity index (χ1v) is 6.72. The van der Waals surface area contributed by atoms with E-state index in [4.69, 9.17) is 0 Å². The monoisotopic (exact) mass is 257 g/mol. The van der Waals surface area contributed by atoms with Crippen LogP contribution in [0.4, 0.5) is 0 Å². The molecule has 1 heterocycles. The minimum atomic E-state index is -0.214. The molecular formula is C15H19N3O. The van der Waals surface area contributed by atoms with E-state index in [1.807, 2.05) is 24.3 Å². The number of likely N-dealkylation sites (N-methyl/N-ethyl adjacent to an activating group) is 1. The van der Waals surface area contributed by atoms with Gasteiger partial charge in [0.25, 0.3) is 5.56 Å². The van der Waals surface area contributed by atoms with E-state index in [0.29, 0.717) is 17.6 Å². The van der Waals surface area contributed by atoms with Gasteiger partial charge in [-0.15, -0.1) is 0 Å². The van der Waals surface area contributed by atoms with Crippen LogP contribution in [0, 0.1) is 0 Å². The van der Waals surface area contributed by atoms with Crippen molar-refractivity contribution < 1.29 is 0 Å². The number of nitrogens with zero attached hydrogens (tertiary/aromatic N) is 3. The largest absolute Gasteiger partial charge is 0.303 e. The van der Waals surface area contributed by atoms with E-state index in [2.05, 4.69) is 28.7 Å². The number of hydrogen-bond acceptors (Lipinski definition) is 4. The second-order valence-corrected chi connectivity index (χ2v) is 4.46.